The van der Waals surface area contributed by atoms with Gasteiger partial charge in [-0.2, -0.15) is 4.37 Å². The van der Waals surface area contributed by atoms with Gasteiger partial charge in [-0.05, 0) is 23.7 Å². The molecule has 1 aromatic carbocycles. The summed E-state index contributed by atoms with van der Waals surface area (Å²) in [5.41, 5.74) is 0.961. The molecule has 0 aliphatic carbocycles. The van der Waals surface area contributed by atoms with E-state index < -0.39 is 0 Å². The average molecular weight is 327 g/mol. The highest BCUT2D eigenvalue weighted by molar-refractivity contribution is 7.13. The molecule has 104 valence electrons. The van der Waals surface area contributed by atoms with E-state index in [2.05, 4.69) is 20.3 Å². The van der Waals surface area contributed by atoms with Crippen LogP contribution in [0.4, 0.5) is 5.69 Å². The number of hydrogen-bond donors (Lipinski definition) is 0. The first-order valence-corrected chi connectivity index (χ1v) is 7.50. The minimum absolute atomic E-state index is 0.623. The smallest absolute Gasteiger partial charge is 0.129 e. The zero-order chi connectivity index (χ0) is 14.3. The van der Waals surface area contributed by atoms with Crippen LogP contribution < -0.4 is 4.90 Å². The first kappa shape index (κ1) is 13.7. The van der Waals surface area contributed by atoms with Crippen molar-refractivity contribution in [1.29, 1.82) is 0 Å². The number of hydrogen-bond acceptors (Lipinski definition) is 4. The summed E-state index contributed by atoms with van der Waals surface area (Å²) in [6.07, 6.45) is 3.48. The molecule has 4 nitrogen and oxygen atoms in total. The summed E-state index contributed by atoms with van der Waals surface area (Å²) in [7, 11) is 3.88. The fourth-order valence-corrected chi connectivity index (χ4v) is 3.16. The van der Waals surface area contributed by atoms with Crippen LogP contribution in [0.25, 0.3) is 10.1 Å². The predicted molar refractivity (Wildman–Crippen MR) is 85.0 cm³/mol. The van der Waals surface area contributed by atoms with Crippen LogP contribution in [-0.4, -0.2) is 21.0 Å². The normalized spacial score (nSPS) is 11.2. The van der Waals surface area contributed by atoms with E-state index in [0.717, 1.165) is 21.6 Å². The minimum atomic E-state index is 0.623. The summed E-state index contributed by atoms with van der Waals surface area (Å²) in [6, 6.07) is 4.00. The molecular formula is C13H12Cl2N4S. The van der Waals surface area contributed by atoms with Crippen LogP contribution in [0.5, 0.6) is 0 Å². The van der Waals surface area contributed by atoms with Gasteiger partial charge in [-0.15, -0.1) is 0 Å². The highest BCUT2D eigenvalue weighted by Gasteiger charge is 2.12. The van der Waals surface area contributed by atoms with Crippen molar-refractivity contribution in [1.82, 2.24) is 13.9 Å². The third-order valence-electron chi connectivity index (χ3n) is 3.24. The summed E-state index contributed by atoms with van der Waals surface area (Å²) >= 11 is 13.8. The Morgan fingerprint density at radius 3 is 2.80 bits per heavy atom. The molecule has 0 aliphatic heterocycles. The lowest BCUT2D eigenvalue weighted by molar-refractivity contribution is 0.762. The van der Waals surface area contributed by atoms with Gasteiger partial charge in [0, 0.05) is 25.7 Å². The molecule has 2 aromatic heterocycles. The van der Waals surface area contributed by atoms with Gasteiger partial charge in [0.1, 0.15) is 11.0 Å². The number of nitrogens with zero attached hydrogens (tertiary/aromatic N) is 4. The van der Waals surface area contributed by atoms with Crippen LogP contribution in [0.3, 0.4) is 0 Å². The third kappa shape index (κ3) is 2.37. The summed E-state index contributed by atoms with van der Waals surface area (Å²) in [4.78, 5) is 6.36. The van der Waals surface area contributed by atoms with Gasteiger partial charge in [-0.1, -0.05) is 23.2 Å². The van der Waals surface area contributed by atoms with Gasteiger partial charge in [-0.25, -0.2) is 4.98 Å². The number of anilines is 1. The molecule has 0 aliphatic rings. The Hall–Kier alpha value is -1.30. The Labute approximate surface area is 130 Å². The summed E-state index contributed by atoms with van der Waals surface area (Å²) in [5, 5.41) is 2.40. The highest BCUT2D eigenvalue weighted by Crippen LogP contribution is 2.32. The molecule has 0 spiro atoms. The molecule has 0 amide bonds. The van der Waals surface area contributed by atoms with Crippen molar-refractivity contribution in [3.63, 3.8) is 0 Å². The second-order valence-corrected chi connectivity index (χ2v) is 6.21. The summed E-state index contributed by atoms with van der Waals surface area (Å²) in [5.74, 6) is 0.887. The van der Waals surface area contributed by atoms with Crippen molar-refractivity contribution >= 4 is 50.5 Å². The lowest BCUT2D eigenvalue weighted by Gasteiger charge is -2.20. The molecule has 0 saturated heterocycles. The van der Waals surface area contributed by atoms with Crippen molar-refractivity contribution in [3.05, 3.63) is 40.5 Å². The predicted octanol–water partition coefficient (Wildman–Crippen LogP) is 3.97. The molecule has 7 heteroatoms. The van der Waals surface area contributed by atoms with Gasteiger partial charge in [0.05, 0.1) is 28.2 Å². The molecule has 2 heterocycles. The number of aromatic nitrogens is 3. The maximum absolute atomic E-state index is 6.35. The monoisotopic (exact) mass is 326 g/mol. The third-order valence-corrected chi connectivity index (χ3v) is 4.65. The molecule has 3 rings (SSSR count). The van der Waals surface area contributed by atoms with E-state index in [9.17, 15) is 0 Å². The van der Waals surface area contributed by atoms with Crippen LogP contribution in [0, 0.1) is 0 Å². The van der Waals surface area contributed by atoms with Crippen LogP contribution in [0.1, 0.15) is 5.82 Å². The summed E-state index contributed by atoms with van der Waals surface area (Å²) in [6.45, 7) is 0.632. The zero-order valence-electron chi connectivity index (χ0n) is 11.0. The Morgan fingerprint density at radius 2 is 2.10 bits per heavy atom. The lowest BCUT2D eigenvalue weighted by Crippen LogP contribution is -2.19. The van der Waals surface area contributed by atoms with E-state index in [1.54, 1.807) is 6.20 Å². The largest absolute Gasteiger partial charge is 0.366 e. The van der Waals surface area contributed by atoms with Crippen LogP contribution in [0.2, 0.25) is 10.2 Å². The van der Waals surface area contributed by atoms with Crippen molar-refractivity contribution in [2.45, 2.75) is 6.54 Å². The Bertz CT molecular complexity index is 765. The maximum atomic E-state index is 6.35. The van der Waals surface area contributed by atoms with Crippen molar-refractivity contribution in [2.75, 3.05) is 11.9 Å². The fraction of sp³-hybridized carbons (Fsp3) is 0.231. The Morgan fingerprint density at radius 1 is 1.30 bits per heavy atom. The number of fused-ring (bicyclic) bond motifs is 1. The van der Waals surface area contributed by atoms with Gasteiger partial charge < -0.3 is 9.47 Å². The van der Waals surface area contributed by atoms with Crippen molar-refractivity contribution in [2.24, 2.45) is 7.05 Å². The fourth-order valence-electron chi connectivity index (χ4n) is 2.04. The van der Waals surface area contributed by atoms with Gasteiger partial charge in [0.25, 0.3) is 0 Å². The standard InChI is InChI=1S/C13H12Cl2N4S/c1-18(7-13-16-6-12(15)19(13)2)10-4-11-8(3-9(10)14)5-17-20-11/h3-6H,7H2,1-2H3. The van der Waals surface area contributed by atoms with Gasteiger partial charge in [0.2, 0.25) is 0 Å². The van der Waals surface area contributed by atoms with Gasteiger partial charge in [0.15, 0.2) is 0 Å². The Kier molecular flexibility index (Phi) is 3.58. The number of benzene rings is 1. The van der Waals surface area contributed by atoms with E-state index in [1.165, 1.54) is 11.5 Å². The zero-order valence-corrected chi connectivity index (χ0v) is 13.3. The number of rotatable bonds is 3. The topological polar surface area (TPSA) is 34.0 Å². The summed E-state index contributed by atoms with van der Waals surface area (Å²) < 4.78 is 7.15. The molecule has 3 aromatic rings. The van der Waals surface area contributed by atoms with Crippen LogP contribution >= 0.6 is 34.7 Å². The van der Waals surface area contributed by atoms with E-state index in [-0.39, 0.29) is 0 Å². The molecule has 20 heavy (non-hydrogen) atoms. The molecule has 0 atom stereocenters. The average Bonchev–Trinajstić information content (AvgIpc) is 2.98. The van der Waals surface area contributed by atoms with Gasteiger partial charge in [-0.3, -0.25) is 0 Å². The number of halogens is 2. The maximum Gasteiger partial charge on any atom is 0.129 e. The Balaban J connectivity index is 1.93. The molecule has 0 unspecified atom stereocenters. The first-order chi connectivity index (χ1) is 9.56. The van der Waals surface area contributed by atoms with Crippen molar-refractivity contribution < 1.29 is 0 Å². The molecule has 0 fully saturated rings. The van der Waals surface area contributed by atoms with Gasteiger partial charge >= 0.3 is 0 Å². The second kappa shape index (κ2) is 5.24. The second-order valence-electron chi connectivity index (χ2n) is 4.58. The minimum Gasteiger partial charge on any atom is -0.366 e. The molecule has 0 bridgehead atoms. The quantitative estimate of drug-likeness (QED) is 0.730. The van der Waals surface area contributed by atoms with E-state index in [1.807, 2.05) is 30.9 Å². The lowest BCUT2D eigenvalue weighted by atomic mass is 10.2. The molecule has 0 saturated carbocycles. The van der Waals surface area contributed by atoms with E-state index in [0.29, 0.717) is 16.7 Å². The van der Waals surface area contributed by atoms with E-state index >= 15 is 0 Å². The van der Waals surface area contributed by atoms with Crippen molar-refractivity contribution in [3.8, 4) is 0 Å². The molecular weight excluding hydrogens is 315 g/mol. The molecule has 0 N–H and O–H groups in total. The van der Waals surface area contributed by atoms with Crippen LogP contribution in [0.15, 0.2) is 24.5 Å². The SMILES string of the molecule is CN(Cc1ncc(Cl)n1C)c1cc2sncc2cc1Cl. The first-order valence-electron chi connectivity index (χ1n) is 5.97. The molecule has 0 radical (unpaired) electrons. The number of imidazole rings is 1. The van der Waals surface area contributed by atoms with E-state index in [4.69, 9.17) is 23.2 Å². The van der Waals surface area contributed by atoms with Crippen LogP contribution in [-0.2, 0) is 13.6 Å². The highest BCUT2D eigenvalue weighted by atomic mass is 35.5.